The molecule has 0 unspecified atom stereocenters. The smallest absolute Gasteiger partial charge is 0.241 e. The molecule has 0 bridgehead atoms. The second-order valence-corrected chi connectivity index (χ2v) is 5.73. The molecule has 0 atom stereocenters. The summed E-state index contributed by atoms with van der Waals surface area (Å²) >= 11 is 5.77. The molecule has 1 fully saturated rings. The van der Waals surface area contributed by atoms with Crippen molar-refractivity contribution in [3.05, 3.63) is 42.5 Å². The van der Waals surface area contributed by atoms with Gasteiger partial charge in [0.1, 0.15) is 5.88 Å². The second-order valence-electron chi connectivity index (χ2n) is 5.47. The molecule has 0 aliphatic heterocycles. The van der Waals surface area contributed by atoms with Gasteiger partial charge in [-0.3, -0.25) is 4.79 Å². The molecule has 0 spiro atoms. The van der Waals surface area contributed by atoms with Crippen molar-refractivity contribution in [1.82, 2.24) is 0 Å². The van der Waals surface area contributed by atoms with Gasteiger partial charge in [-0.05, 0) is 41.7 Å². The standard InChI is InChI=1S/C17H18ClNO/c18-11-17(20)19(12-13-4-3-5-13)16-9-8-14-6-1-2-7-15(14)10-16/h1-2,6-10,13H,3-5,11-12H2. The Balaban J connectivity index is 1.92. The fraction of sp³-hybridized carbons (Fsp3) is 0.353. The maximum Gasteiger partial charge on any atom is 0.241 e. The van der Waals surface area contributed by atoms with Crippen LogP contribution < -0.4 is 4.90 Å². The molecule has 1 aliphatic carbocycles. The highest BCUT2D eigenvalue weighted by molar-refractivity contribution is 6.29. The molecule has 0 heterocycles. The predicted octanol–water partition coefficient (Wildman–Crippen LogP) is 4.21. The van der Waals surface area contributed by atoms with Crippen molar-refractivity contribution in [2.75, 3.05) is 17.3 Å². The fourth-order valence-corrected chi connectivity index (χ4v) is 2.85. The van der Waals surface area contributed by atoms with Gasteiger partial charge in [0.2, 0.25) is 5.91 Å². The van der Waals surface area contributed by atoms with Crippen LogP contribution in [0.4, 0.5) is 5.69 Å². The van der Waals surface area contributed by atoms with Crippen LogP contribution in [-0.4, -0.2) is 18.3 Å². The molecule has 1 aliphatic rings. The van der Waals surface area contributed by atoms with Gasteiger partial charge >= 0.3 is 0 Å². The van der Waals surface area contributed by atoms with Crippen LogP contribution in [0.2, 0.25) is 0 Å². The van der Waals surface area contributed by atoms with E-state index in [2.05, 4.69) is 24.3 Å². The molecule has 104 valence electrons. The van der Waals surface area contributed by atoms with Gasteiger partial charge in [-0.1, -0.05) is 36.8 Å². The van der Waals surface area contributed by atoms with Crippen molar-refractivity contribution in [1.29, 1.82) is 0 Å². The lowest BCUT2D eigenvalue weighted by Crippen LogP contribution is -2.38. The Morgan fingerprint density at radius 1 is 1.15 bits per heavy atom. The van der Waals surface area contributed by atoms with Crippen LogP contribution in [-0.2, 0) is 4.79 Å². The number of benzene rings is 2. The highest BCUT2D eigenvalue weighted by atomic mass is 35.5. The van der Waals surface area contributed by atoms with Crippen molar-refractivity contribution in [3.8, 4) is 0 Å². The Morgan fingerprint density at radius 3 is 2.55 bits per heavy atom. The van der Waals surface area contributed by atoms with Gasteiger partial charge in [-0.25, -0.2) is 0 Å². The summed E-state index contributed by atoms with van der Waals surface area (Å²) in [6, 6.07) is 14.4. The molecule has 20 heavy (non-hydrogen) atoms. The number of fused-ring (bicyclic) bond motifs is 1. The summed E-state index contributed by atoms with van der Waals surface area (Å²) in [6.45, 7) is 0.796. The highest BCUT2D eigenvalue weighted by Crippen LogP contribution is 2.30. The number of hydrogen-bond donors (Lipinski definition) is 0. The number of carbonyl (C=O) groups excluding carboxylic acids is 1. The number of anilines is 1. The van der Waals surface area contributed by atoms with Crippen molar-refractivity contribution in [3.63, 3.8) is 0 Å². The fourth-order valence-electron chi connectivity index (χ4n) is 2.70. The monoisotopic (exact) mass is 287 g/mol. The van der Waals surface area contributed by atoms with Gasteiger partial charge < -0.3 is 4.90 Å². The van der Waals surface area contributed by atoms with Gasteiger partial charge in [-0.2, -0.15) is 0 Å². The van der Waals surface area contributed by atoms with Gasteiger partial charge in [0.05, 0.1) is 0 Å². The quantitative estimate of drug-likeness (QED) is 0.771. The van der Waals surface area contributed by atoms with Crippen LogP contribution in [0.15, 0.2) is 42.5 Å². The van der Waals surface area contributed by atoms with Crippen LogP contribution in [0.25, 0.3) is 10.8 Å². The van der Waals surface area contributed by atoms with E-state index in [4.69, 9.17) is 11.6 Å². The minimum Gasteiger partial charge on any atom is -0.311 e. The van der Waals surface area contributed by atoms with Crippen LogP contribution in [0.5, 0.6) is 0 Å². The molecule has 3 rings (SSSR count). The van der Waals surface area contributed by atoms with Crippen LogP contribution in [0, 0.1) is 5.92 Å². The Labute approximate surface area is 124 Å². The summed E-state index contributed by atoms with van der Waals surface area (Å²) in [5.74, 6) is 0.669. The molecule has 2 nitrogen and oxygen atoms in total. The zero-order chi connectivity index (χ0) is 13.9. The third kappa shape index (κ3) is 2.66. The van der Waals surface area contributed by atoms with Crippen LogP contribution >= 0.6 is 11.6 Å². The number of halogens is 1. The zero-order valence-electron chi connectivity index (χ0n) is 11.4. The summed E-state index contributed by atoms with van der Waals surface area (Å²) in [4.78, 5) is 14.0. The van der Waals surface area contributed by atoms with E-state index in [9.17, 15) is 4.79 Å². The molecular weight excluding hydrogens is 270 g/mol. The molecule has 0 saturated heterocycles. The Morgan fingerprint density at radius 2 is 1.90 bits per heavy atom. The minimum absolute atomic E-state index is 0.00570. The van der Waals surface area contributed by atoms with Gasteiger partial charge in [-0.15, -0.1) is 11.6 Å². The number of amides is 1. The summed E-state index contributed by atoms with van der Waals surface area (Å²) in [5.41, 5.74) is 0.959. The third-order valence-corrected chi connectivity index (χ3v) is 4.35. The van der Waals surface area contributed by atoms with E-state index in [0.29, 0.717) is 5.92 Å². The predicted molar refractivity (Wildman–Crippen MR) is 84.4 cm³/mol. The summed E-state index contributed by atoms with van der Waals surface area (Å²) < 4.78 is 0. The van der Waals surface area contributed by atoms with E-state index in [1.807, 2.05) is 23.1 Å². The van der Waals surface area contributed by atoms with Gasteiger partial charge in [0.25, 0.3) is 0 Å². The maximum absolute atomic E-state index is 12.1. The first-order valence-corrected chi connectivity index (χ1v) is 7.66. The van der Waals surface area contributed by atoms with E-state index in [1.165, 1.54) is 24.6 Å². The first-order valence-electron chi connectivity index (χ1n) is 7.13. The lowest BCUT2D eigenvalue weighted by molar-refractivity contribution is -0.116. The molecule has 3 heteroatoms. The molecule has 2 aromatic rings. The van der Waals surface area contributed by atoms with Gasteiger partial charge in [0, 0.05) is 12.2 Å². The van der Waals surface area contributed by atoms with E-state index in [0.717, 1.165) is 17.6 Å². The van der Waals surface area contributed by atoms with Crippen LogP contribution in [0.3, 0.4) is 0 Å². The van der Waals surface area contributed by atoms with E-state index >= 15 is 0 Å². The second kappa shape index (κ2) is 5.84. The van der Waals surface area contributed by atoms with Crippen LogP contribution in [0.1, 0.15) is 19.3 Å². The van der Waals surface area contributed by atoms with Crippen molar-refractivity contribution in [2.24, 2.45) is 5.92 Å². The minimum atomic E-state index is -0.00570. The third-order valence-electron chi connectivity index (χ3n) is 4.13. The number of carbonyl (C=O) groups is 1. The first kappa shape index (κ1) is 13.4. The zero-order valence-corrected chi connectivity index (χ0v) is 12.1. The molecule has 0 N–H and O–H groups in total. The number of nitrogens with zero attached hydrogens (tertiary/aromatic N) is 1. The largest absolute Gasteiger partial charge is 0.311 e. The molecular formula is C17H18ClNO. The molecule has 2 aromatic carbocycles. The number of hydrogen-bond acceptors (Lipinski definition) is 1. The average molecular weight is 288 g/mol. The maximum atomic E-state index is 12.1. The Kier molecular flexibility index (Phi) is 3.93. The highest BCUT2D eigenvalue weighted by Gasteiger charge is 2.24. The lowest BCUT2D eigenvalue weighted by atomic mass is 9.85. The average Bonchev–Trinajstić information content (AvgIpc) is 2.45. The normalized spacial score (nSPS) is 15.1. The molecule has 0 aromatic heterocycles. The van der Waals surface area contributed by atoms with Crippen molar-refractivity contribution in [2.45, 2.75) is 19.3 Å². The first-order chi connectivity index (χ1) is 9.78. The summed E-state index contributed by atoms with van der Waals surface area (Å²) in [5, 5.41) is 2.35. The van der Waals surface area contributed by atoms with E-state index < -0.39 is 0 Å². The van der Waals surface area contributed by atoms with Crippen molar-refractivity contribution >= 4 is 34.0 Å². The number of rotatable bonds is 4. The SMILES string of the molecule is O=C(CCl)N(CC1CCC1)c1ccc2ccccc2c1. The lowest BCUT2D eigenvalue weighted by Gasteiger charge is -2.32. The molecule has 1 amide bonds. The Hall–Kier alpha value is -1.54. The van der Waals surface area contributed by atoms with Gasteiger partial charge in [0.15, 0.2) is 0 Å². The number of alkyl halides is 1. The van der Waals surface area contributed by atoms with Crippen molar-refractivity contribution < 1.29 is 4.79 Å². The molecule has 0 radical (unpaired) electrons. The molecule has 1 saturated carbocycles. The summed E-state index contributed by atoms with van der Waals surface area (Å²) in [6.07, 6.45) is 3.73. The Bertz CT molecular complexity index is 621. The van der Waals surface area contributed by atoms with E-state index in [-0.39, 0.29) is 11.8 Å². The summed E-state index contributed by atoms with van der Waals surface area (Å²) in [7, 11) is 0. The van der Waals surface area contributed by atoms with E-state index in [1.54, 1.807) is 0 Å². The topological polar surface area (TPSA) is 20.3 Å².